The van der Waals surface area contributed by atoms with Crippen molar-refractivity contribution in [3.8, 4) is 0 Å². The molecule has 0 radical (unpaired) electrons. The van der Waals surface area contributed by atoms with Crippen molar-refractivity contribution < 1.29 is 9.59 Å². The molecule has 2 aliphatic rings. The highest BCUT2D eigenvalue weighted by molar-refractivity contribution is 6.05. The summed E-state index contributed by atoms with van der Waals surface area (Å²) in [5.41, 5.74) is 4.10. The third-order valence-corrected chi connectivity index (χ3v) is 5.95. The van der Waals surface area contributed by atoms with Gasteiger partial charge in [-0.15, -0.1) is 0 Å². The lowest BCUT2D eigenvalue weighted by Gasteiger charge is -2.25. The lowest BCUT2D eigenvalue weighted by Crippen LogP contribution is -2.38. The van der Waals surface area contributed by atoms with Gasteiger partial charge in [0.25, 0.3) is 5.91 Å². The second-order valence-corrected chi connectivity index (χ2v) is 8.16. The maximum Gasteiger partial charge on any atom is 0.255 e. The number of hydrogen-bond acceptors (Lipinski definition) is 3. The van der Waals surface area contributed by atoms with Gasteiger partial charge in [0.15, 0.2) is 0 Å². The van der Waals surface area contributed by atoms with Gasteiger partial charge in [-0.2, -0.15) is 0 Å². The Morgan fingerprint density at radius 2 is 1.82 bits per heavy atom. The van der Waals surface area contributed by atoms with Gasteiger partial charge in [0.05, 0.1) is 6.54 Å². The summed E-state index contributed by atoms with van der Waals surface area (Å²) in [7, 11) is 0. The third kappa shape index (κ3) is 4.09. The predicted molar refractivity (Wildman–Crippen MR) is 112 cm³/mol. The Morgan fingerprint density at radius 3 is 2.50 bits per heavy atom. The molecule has 2 aromatic rings. The van der Waals surface area contributed by atoms with Gasteiger partial charge in [0.1, 0.15) is 0 Å². The van der Waals surface area contributed by atoms with Crippen LogP contribution in [0, 0.1) is 19.8 Å². The summed E-state index contributed by atoms with van der Waals surface area (Å²) < 4.78 is 0. The van der Waals surface area contributed by atoms with E-state index in [-0.39, 0.29) is 11.8 Å². The number of nitrogens with zero attached hydrogens (tertiary/aromatic N) is 1. The highest BCUT2D eigenvalue weighted by Gasteiger charge is 2.38. The fraction of sp³-hybridized carbons (Fsp3) is 0.391. The first-order valence-electron chi connectivity index (χ1n) is 10.0. The van der Waals surface area contributed by atoms with Crippen molar-refractivity contribution in [2.24, 2.45) is 5.92 Å². The average Bonchev–Trinajstić information content (AvgIpc) is 3.28. The number of rotatable bonds is 5. The molecule has 5 heteroatoms. The van der Waals surface area contributed by atoms with Crippen molar-refractivity contribution in [3.63, 3.8) is 0 Å². The molecule has 28 heavy (non-hydrogen) atoms. The summed E-state index contributed by atoms with van der Waals surface area (Å²) in [6.45, 7) is 5.42. The SMILES string of the molecule is Cc1ccc(C(=O)Nc2cc(NC(=O)CN3C[C@@H]4CC[C@@H]3C4)ccc2C)cc1. The molecule has 2 fully saturated rings. The number of carbonyl (C=O) groups is 2. The highest BCUT2D eigenvalue weighted by Crippen LogP contribution is 2.37. The number of likely N-dealkylation sites (tertiary alicyclic amines) is 1. The Morgan fingerprint density at radius 1 is 1.04 bits per heavy atom. The number of fused-ring (bicyclic) bond motifs is 2. The standard InChI is InChI=1S/C23H27N3O2/c1-15-3-7-18(8-4-15)23(28)25-21-12-19(9-5-16(21)2)24-22(27)14-26-13-17-6-10-20(26)11-17/h3-5,7-9,12,17,20H,6,10-11,13-14H2,1-2H3,(H,24,27)(H,25,28)/t17-,20-/m1/s1. The van der Waals surface area contributed by atoms with E-state index < -0.39 is 0 Å². The summed E-state index contributed by atoms with van der Waals surface area (Å²) in [4.78, 5) is 27.3. The first-order chi connectivity index (χ1) is 13.5. The van der Waals surface area contributed by atoms with Crippen molar-refractivity contribution in [2.75, 3.05) is 23.7 Å². The number of amides is 2. The van der Waals surface area contributed by atoms with Crippen LogP contribution in [0.5, 0.6) is 0 Å². The molecule has 0 aromatic heterocycles. The zero-order valence-electron chi connectivity index (χ0n) is 16.5. The summed E-state index contributed by atoms with van der Waals surface area (Å²) in [5, 5.41) is 5.94. The molecule has 1 saturated heterocycles. The number of piperidine rings is 1. The van der Waals surface area contributed by atoms with E-state index in [1.54, 1.807) is 0 Å². The van der Waals surface area contributed by atoms with Crippen LogP contribution in [0.25, 0.3) is 0 Å². The maximum absolute atomic E-state index is 12.5. The first-order valence-corrected chi connectivity index (χ1v) is 10.0. The van der Waals surface area contributed by atoms with Crippen LogP contribution in [0.15, 0.2) is 42.5 Å². The van der Waals surface area contributed by atoms with Crippen LogP contribution in [0.2, 0.25) is 0 Å². The molecule has 1 aliphatic heterocycles. The molecule has 1 heterocycles. The van der Waals surface area contributed by atoms with Crippen LogP contribution in [0.4, 0.5) is 11.4 Å². The molecular formula is C23H27N3O2. The third-order valence-electron chi connectivity index (χ3n) is 5.95. The summed E-state index contributed by atoms with van der Waals surface area (Å²) in [5.74, 6) is 0.632. The van der Waals surface area contributed by atoms with E-state index in [0.29, 0.717) is 29.5 Å². The molecule has 2 bridgehead atoms. The van der Waals surface area contributed by atoms with E-state index in [1.807, 2.05) is 56.3 Å². The number of carbonyl (C=O) groups excluding carboxylic acids is 2. The zero-order chi connectivity index (χ0) is 19.7. The predicted octanol–water partition coefficient (Wildman–Crippen LogP) is 3.98. The molecular weight excluding hydrogens is 350 g/mol. The van der Waals surface area contributed by atoms with Crippen molar-refractivity contribution in [3.05, 3.63) is 59.2 Å². The fourth-order valence-electron chi connectivity index (χ4n) is 4.34. The maximum atomic E-state index is 12.5. The lowest BCUT2D eigenvalue weighted by atomic mass is 10.1. The normalized spacial score (nSPS) is 20.9. The van der Waals surface area contributed by atoms with Gasteiger partial charge < -0.3 is 10.6 Å². The second kappa shape index (κ2) is 7.76. The summed E-state index contributed by atoms with van der Waals surface area (Å²) in [6, 6.07) is 13.7. The Labute approximate surface area is 166 Å². The molecule has 1 aliphatic carbocycles. The van der Waals surface area contributed by atoms with Crippen LogP contribution >= 0.6 is 0 Å². The minimum atomic E-state index is -0.153. The highest BCUT2D eigenvalue weighted by atomic mass is 16.2. The number of hydrogen-bond donors (Lipinski definition) is 2. The van der Waals surface area contributed by atoms with E-state index in [2.05, 4.69) is 15.5 Å². The van der Waals surface area contributed by atoms with E-state index >= 15 is 0 Å². The summed E-state index contributed by atoms with van der Waals surface area (Å²) in [6.07, 6.45) is 3.77. The van der Waals surface area contributed by atoms with E-state index in [4.69, 9.17) is 0 Å². The van der Waals surface area contributed by atoms with E-state index in [9.17, 15) is 9.59 Å². The molecule has 0 unspecified atom stereocenters. The Kier molecular flexibility index (Phi) is 5.18. The molecule has 2 amide bonds. The van der Waals surface area contributed by atoms with Crippen molar-refractivity contribution in [1.29, 1.82) is 0 Å². The summed E-state index contributed by atoms with van der Waals surface area (Å²) >= 11 is 0. The van der Waals surface area contributed by atoms with Gasteiger partial charge in [0, 0.05) is 29.5 Å². The largest absolute Gasteiger partial charge is 0.325 e. The smallest absolute Gasteiger partial charge is 0.255 e. The quantitative estimate of drug-likeness (QED) is 0.829. The van der Waals surface area contributed by atoms with Gasteiger partial charge in [-0.05, 0) is 68.9 Å². The molecule has 0 spiro atoms. The van der Waals surface area contributed by atoms with Gasteiger partial charge in [-0.3, -0.25) is 14.5 Å². The van der Waals surface area contributed by atoms with Gasteiger partial charge in [0.2, 0.25) is 5.91 Å². The van der Waals surface area contributed by atoms with Crippen LogP contribution in [0.1, 0.15) is 40.7 Å². The Hall–Kier alpha value is -2.66. The van der Waals surface area contributed by atoms with Crippen LogP contribution in [-0.2, 0) is 4.79 Å². The van der Waals surface area contributed by atoms with Crippen LogP contribution < -0.4 is 10.6 Å². The molecule has 5 nitrogen and oxygen atoms in total. The van der Waals surface area contributed by atoms with Gasteiger partial charge in [-0.25, -0.2) is 0 Å². The van der Waals surface area contributed by atoms with Crippen LogP contribution in [-0.4, -0.2) is 35.8 Å². The molecule has 2 aromatic carbocycles. The van der Waals surface area contributed by atoms with Crippen LogP contribution in [0.3, 0.4) is 0 Å². The second-order valence-electron chi connectivity index (χ2n) is 8.16. The van der Waals surface area contributed by atoms with E-state index in [0.717, 1.165) is 23.6 Å². The monoisotopic (exact) mass is 377 g/mol. The van der Waals surface area contributed by atoms with E-state index in [1.165, 1.54) is 19.3 Å². The topological polar surface area (TPSA) is 61.4 Å². The molecule has 2 atom stereocenters. The number of anilines is 2. The zero-order valence-corrected chi connectivity index (χ0v) is 16.5. The molecule has 2 N–H and O–H groups in total. The fourth-order valence-corrected chi connectivity index (χ4v) is 4.34. The molecule has 4 rings (SSSR count). The van der Waals surface area contributed by atoms with Gasteiger partial charge >= 0.3 is 0 Å². The van der Waals surface area contributed by atoms with Crippen molar-refractivity contribution >= 4 is 23.2 Å². The Bertz CT molecular complexity index is 891. The van der Waals surface area contributed by atoms with Gasteiger partial charge in [-0.1, -0.05) is 23.8 Å². The number of aryl methyl sites for hydroxylation is 2. The number of benzene rings is 2. The van der Waals surface area contributed by atoms with Crippen molar-refractivity contribution in [1.82, 2.24) is 4.90 Å². The minimum absolute atomic E-state index is 0.00668. The average molecular weight is 377 g/mol. The minimum Gasteiger partial charge on any atom is -0.325 e. The Balaban J connectivity index is 1.39. The first kappa shape index (κ1) is 18.7. The number of nitrogens with one attached hydrogen (secondary N) is 2. The lowest BCUT2D eigenvalue weighted by molar-refractivity contribution is -0.117. The van der Waals surface area contributed by atoms with Crippen molar-refractivity contribution in [2.45, 2.75) is 39.2 Å². The molecule has 146 valence electrons. The molecule has 1 saturated carbocycles.